The second-order valence-electron chi connectivity index (χ2n) is 10.3. The van der Waals surface area contributed by atoms with Crippen molar-refractivity contribution in [2.24, 2.45) is 58.2 Å². The maximum atomic E-state index is 14.0. The van der Waals surface area contributed by atoms with E-state index in [1.807, 2.05) is 0 Å². The normalized spacial score (nSPS) is 57.6. The van der Waals surface area contributed by atoms with Gasteiger partial charge in [-0.25, -0.2) is 0 Å². The Kier molecular flexibility index (Phi) is 2.49. The second kappa shape index (κ2) is 4.41. The molecule has 0 radical (unpaired) electrons. The van der Waals surface area contributed by atoms with Crippen LogP contribution in [-0.4, -0.2) is 29.7 Å². The van der Waals surface area contributed by atoms with Gasteiger partial charge in [0.15, 0.2) is 0 Å². The fourth-order valence-corrected chi connectivity index (χ4v) is 9.16. The summed E-state index contributed by atoms with van der Waals surface area (Å²) in [6, 6.07) is 0. The molecule has 7 nitrogen and oxygen atoms in total. The first-order valence-electron chi connectivity index (χ1n) is 10.4. The Morgan fingerprint density at radius 1 is 0.607 bits per heavy atom. The highest BCUT2D eigenvalue weighted by Crippen LogP contribution is 2.75. The van der Waals surface area contributed by atoms with Gasteiger partial charge in [-0.15, -0.1) is 0 Å². The third kappa shape index (κ3) is 1.40. The number of ether oxygens (including phenoxy) is 2. The van der Waals surface area contributed by atoms with Gasteiger partial charge in [0.1, 0.15) is 5.78 Å². The Hall–Kier alpha value is -2.05. The molecule has 0 aromatic rings. The number of ketones is 1. The van der Waals surface area contributed by atoms with Crippen molar-refractivity contribution in [3.05, 3.63) is 0 Å². The van der Waals surface area contributed by atoms with Crippen molar-refractivity contribution >= 4 is 29.7 Å². The van der Waals surface area contributed by atoms with Crippen LogP contribution in [0.15, 0.2) is 0 Å². The van der Waals surface area contributed by atoms with Crippen LogP contribution in [0, 0.1) is 58.2 Å². The number of Topliss-reactive ketones (excluding diaryl/α,β-unsaturated/α-hetero) is 1. The first-order chi connectivity index (χ1) is 13.4. The van der Waals surface area contributed by atoms with Gasteiger partial charge < -0.3 is 9.47 Å². The molecule has 5 unspecified atom stereocenters. The fraction of sp³-hybridized carbons (Fsp3) is 0.762. The van der Waals surface area contributed by atoms with E-state index in [0.29, 0.717) is 12.8 Å². The minimum absolute atomic E-state index is 0.0532. The van der Waals surface area contributed by atoms with Crippen molar-refractivity contribution in [2.75, 3.05) is 0 Å². The van der Waals surface area contributed by atoms with Gasteiger partial charge in [-0.3, -0.25) is 24.0 Å². The minimum atomic E-state index is -0.554. The molecule has 5 aliphatic carbocycles. The Morgan fingerprint density at radius 3 is 1.43 bits per heavy atom. The number of hydrogen-bond donors (Lipinski definition) is 0. The largest absolute Gasteiger partial charge is 0.393 e. The van der Waals surface area contributed by atoms with Crippen molar-refractivity contribution < 1.29 is 33.4 Å². The molecule has 7 fully saturated rings. The van der Waals surface area contributed by atoms with Crippen molar-refractivity contribution in [1.29, 1.82) is 0 Å². The summed E-state index contributed by atoms with van der Waals surface area (Å²) in [5.41, 5.74) is -1.11. The standard InChI is InChI=1S/C21H20O7/c22-15-11-7-3-9(13(11)17(24)27-15)20(5-7)1-2-21(19(20)26)6-8-4-10(21)14-12(8)16(23)28-18(14)25/h7-14H,1-6H2/t7-,8?,9+,10-,11?,12?,13+,14-,20?,21?/m0/s1. The van der Waals surface area contributed by atoms with Crippen LogP contribution in [0.2, 0.25) is 0 Å². The highest BCUT2D eigenvalue weighted by molar-refractivity contribution is 6.02. The molecular formula is C21H20O7. The first kappa shape index (κ1) is 15.8. The lowest BCUT2D eigenvalue weighted by atomic mass is 9.58. The predicted octanol–water partition coefficient (Wildman–Crippen LogP) is 1.03. The summed E-state index contributed by atoms with van der Waals surface area (Å²) in [6.45, 7) is 0. The Labute approximate surface area is 160 Å². The van der Waals surface area contributed by atoms with Gasteiger partial charge in [0, 0.05) is 10.8 Å². The molecule has 0 amide bonds. The fourth-order valence-electron chi connectivity index (χ4n) is 9.16. The summed E-state index contributed by atoms with van der Waals surface area (Å²) in [6.07, 6.45) is 4.27. The van der Waals surface area contributed by atoms with E-state index in [1.165, 1.54) is 0 Å². The molecule has 146 valence electrons. The molecule has 0 aromatic heterocycles. The topological polar surface area (TPSA) is 104 Å². The van der Waals surface area contributed by atoms with E-state index in [2.05, 4.69) is 0 Å². The lowest BCUT2D eigenvalue weighted by Gasteiger charge is -2.41. The van der Waals surface area contributed by atoms with Gasteiger partial charge in [-0.2, -0.15) is 0 Å². The lowest BCUT2D eigenvalue weighted by Crippen LogP contribution is -2.48. The molecule has 10 atom stereocenters. The van der Waals surface area contributed by atoms with E-state index in [9.17, 15) is 24.0 Å². The molecule has 2 saturated heterocycles. The molecule has 7 rings (SSSR count). The van der Waals surface area contributed by atoms with Crippen LogP contribution in [0.1, 0.15) is 38.5 Å². The van der Waals surface area contributed by atoms with E-state index in [-0.39, 0.29) is 41.3 Å². The molecule has 5 saturated carbocycles. The third-order valence-electron chi connectivity index (χ3n) is 9.85. The molecular weight excluding hydrogens is 364 g/mol. The van der Waals surface area contributed by atoms with Gasteiger partial charge in [0.25, 0.3) is 0 Å². The highest BCUT2D eigenvalue weighted by Gasteiger charge is 2.78. The van der Waals surface area contributed by atoms with Gasteiger partial charge in [0.05, 0.1) is 23.7 Å². The molecule has 0 N–H and O–H groups in total. The van der Waals surface area contributed by atoms with Crippen LogP contribution in [0.3, 0.4) is 0 Å². The number of fused-ring (bicyclic) bond motifs is 12. The van der Waals surface area contributed by atoms with E-state index in [1.54, 1.807) is 0 Å². The zero-order valence-electron chi connectivity index (χ0n) is 15.2. The maximum absolute atomic E-state index is 14.0. The number of carbonyl (C=O) groups is 5. The third-order valence-corrected chi connectivity index (χ3v) is 9.85. The van der Waals surface area contributed by atoms with Crippen LogP contribution >= 0.6 is 0 Å². The van der Waals surface area contributed by atoms with Crippen molar-refractivity contribution in [3.63, 3.8) is 0 Å². The molecule has 7 aliphatic rings. The number of hydrogen-bond acceptors (Lipinski definition) is 7. The van der Waals surface area contributed by atoms with Gasteiger partial charge in [-0.05, 0) is 62.2 Å². The van der Waals surface area contributed by atoms with Crippen LogP contribution in [0.25, 0.3) is 0 Å². The molecule has 2 heterocycles. The summed E-state index contributed by atoms with van der Waals surface area (Å²) in [7, 11) is 0. The average Bonchev–Trinajstić information content (AvgIpc) is 3.46. The summed E-state index contributed by atoms with van der Waals surface area (Å²) >= 11 is 0. The van der Waals surface area contributed by atoms with Gasteiger partial charge in [-0.1, -0.05) is 0 Å². The maximum Gasteiger partial charge on any atom is 0.317 e. The zero-order valence-corrected chi connectivity index (χ0v) is 15.2. The lowest BCUT2D eigenvalue weighted by molar-refractivity contribution is -0.156. The molecule has 4 bridgehead atoms. The highest BCUT2D eigenvalue weighted by atomic mass is 16.6. The molecule has 0 aromatic carbocycles. The number of cyclic esters (lactones) is 4. The summed E-state index contributed by atoms with van der Waals surface area (Å²) in [4.78, 5) is 62.8. The van der Waals surface area contributed by atoms with Gasteiger partial charge in [0.2, 0.25) is 0 Å². The van der Waals surface area contributed by atoms with Gasteiger partial charge >= 0.3 is 23.9 Å². The Balaban J connectivity index is 1.27. The summed E-state index contributed by atoms with van der Waals surface area (Å²) in [5.74, 6) is -3.28. The zero-order chi connectivity index (χ0) is 19.2. The van der Waals surface area contributed by atoms with E-state index in [4.69, 9.17) is 9.47 Å². The first-order valence-corrected chi connectivity index (χ1v) is 10.4. The van der Waals surface area contributed by atoms with Crippen molar-refractivity contribution in [2.45, 2.75) is 38.5 Å². The quantitative estimate of drug-likeness (QED) is 0.454. The Bertz CT molecular complexity index is 850. The smallest absolute Gasteiger partial charge is 0.317 e. The van der Waals surface area contributed by atoms with Crippen molar-refractivity contribution in [3.8, 4) is 0 Å². The van der Waals surface area contributed by atoms with Crippen LogP contribution < -0.4 is 0 Å². The minimum Gasteiger partial charge on any atom is -0.393 e. The van der Waals surface area contributed by atoms with Crippen LogP contribution in [0.4, 0.5) is 0 Å². The molecule has 28 heavy (non-hydrogen) atoms. The summed E-state index contributed by atoms with van der Waals surface area (Å²) < 4.78 is 9.82. The molecule has 7 heteroatoms. The van der Waals surface area contributed by atoms with Crippen LogP contribution in [-0.2, 0) is 33.4 Å². The van der Waals surface area contributed by atoms with E-state index < -0.39 is 46.5 Å². The second-order valence-corrected chi connectivity index (χ2v) is 10.3. The Morgan fingerprint density at radius 2 is 1.00 bits per heavy atom. The molecule has 2 aliphatic heterocycles. The number of carbonyl (C=O) groups excluding carboxylic acids is 5. The predicted molar refractivity (Wildman–Crippen MR) is 87.7 cm³/mol. The summed E-state index contributed by atoms with van der Waals surface area (Å²) in [5, 5.41) is 0. The number of rotatable bonds is 0. The van der Waals surface area contributed by atoms with Crippen LogP contribution in [0.5, 0.6) is 0 Å². The number of esters is 4. The monoisotopic (exact) mass is 384 g/mol. The molecule has 2 spiro atoms. The van der Waals surface area contributed by atoms with E-state index in [0.717, 1.165) is 25.7 Å². The SMILES string of the molecule is O=C1OC(=O)[C@@H]2C1C1C[C@@H]2C2(CCC3(C[C@@H]4C[C@@H]3[C@H]3C(=O)OC(=O)C43)C2=O)C1. The van der Waals surface area contributed by atoms with E-state index >= 15 is 0 Å². The average molecular weight is 384 g/mol. The van der Waals surface area contributed by atoms with Crippen molar-refractivity contribution in [1.82, 2.24) is 0 Å².